The lowest BCUT2D eigenvalue weighted by atomic mass is 9.77. The topological polar surface area (TPSA) is 120 Å². The van der Waals surface area contributed by atoms with E-state index in [1.54, 1.807) is 12.1 Å². The summed E-state index contributed by atoms with van der Waals surface area (Å²) in [4.78, 5) is 51.5. The fraction of sp³-hybridized carbons (Fsp3) is 0.241. The van der Waals surface area contributed by atoms with E-state index in [2.05, 4.69) is 5.32 Å². The van der Waals surface area contributed by atoms with E-state index in [1.165, 1.54) is 44.2 Å². The Hall–Kier alpha value is -4.12. The first kappa shape index (κ1) is 28.4. The molecular weight excluding hydrogens is 575 g/mol. The van der Waals surface area contributed by atoms with Gasteiger partial charge < -0.3 is 29.2 Å². The number of rotatable bonds is 6. The second kappa shape index (κ2) is 10.7. The van der Waals surface area contributed by atoms with Crippen molar-refractivity contribution >= 4 is 47.0 Å². The van der Waals surface area contributed by atoms with Crippen LogP contribution in [0.25, 0.3) is 0 Å². The Balaban J connectivity index is 1.69. The van der Waals surface area contributed by atoms with Crippen molar-refractivity contribution < 1.29 is 38.1 Å². The lowest BCUT2D eigenvalue weighted by Gasteiger charge is -2.37. The molecule has 1 amide bonds. The first-order valence-corrected chi connectivity index (χ1v) is 13.2. The molecule has 5 rings (SSSR count). The number of ether oxygens (including phenoxy) is 4. The molecule has 0 unspecified atom stereocenters. The second-order valence-electron chi connectivity index (χ2n) is 9.74. The number of fused-ring (bicyclic) bond motifs is 6. The van der Waals surface area contributed by atoms with Crippen LogP contribution in [-0.4, -0.2) is 55.9 Å². The number of hydrogen-bond donors (Lipinski definition) is 1. The number of halogens is 2. The molecule has 2 aliphatic heterocycles. The normalized spacial score (nSPS) is 14.0. The maximum atomic E-state index is 13.4. The molecular formula is C29H24Cl2N2O8. The highest BCUT2D eigenvalue weighted by Crippen LogP contribution is 2.58. The molecule has 0 atom stereocenters. The van der Waals surface area contributed by atoms with Crippen molar-refractivity contribution in [1.29, 1.82) is 0 Å². The number of hydrogen-bond acceptors (Lipinski definition) is 9. The monoisotopic (exact) mass is 598 g/mol. The molecule has 0 saturated heterocycles. The highest BCUT2D eigenvalue weighted by molar-refractivity contribution is 6.33. The molecule has 0 radical (unpaired) electrons. The van der Waals surface area contributed by atoms with Crippen molar-refractivity contribution in [3.63, 3.8) is 0 Å². The van der Waals surface area contributed by atoms with E-state index in [-0.39, 0.29) is 50.1 Å². The van der Waals surface area contributed by atoms with Crippen molar-refractivity contribution in [2.45, 2.75) is 19.4 Å². The minimum absolute atomic E-state index is 0.0278. The van der Waals surface area contributed by atoms with Gasteiger partial charge in [0, 0.05) is 61.3 Å². The van der Waals surface area contributed by atoms with Gasteiger partial charge in [-0.05, 0) is 38.4 Å². The first-order chi connectivity index (χ1) is 19.4. The predicted octanol–water partition coefficient (Wildman–Crippen LogP) is 4.70. The number of nitrogens with zero attached hydrogens (tertiary/aromatic N) is 1. The first-order valence-electron chi connectivity index (χ1n) is 12.4. The SMILES string of the molecule is CC(=O)Oc1cc2c(cc1Cl)C1(OC(=O)c3cc(C(=O)NCCN(C)C)ccc31)c1cc(Cl)c(OC(C)=O)cc1O2. The van der Waals surface area contributed by atoms with E-state index in [0.717, 1.165) is 0 Å². The molecule has 1 N–H and O–H groups in total. The average Bonchev–Trinajstić information content (AvgIpc) is 3.18. The smallest absolute Gasteiger partial charge is 0.340 e. The Morgan fingerprint density at radius 3 is 1.95 bits per heavy atom. The molecule has 1 spiro atoms. The molecule has 12 heteroatoms. The number of esters is 3. The standard InChI is InChI=1S/C29H24Cl2N2O8/c1-14(34)38-25-12-23-19(10-21(25)30)29(20-11-22(31)26(39-15(2)35)13-24(20)40-23)18-6-5-16(9-17(18)28(37)41-29)27(36)32-7-8-33(3)4/h5-6,9-13H,7-8H2,1-4H3,(H,32,36). The van der Waals surface area contributed by atoms with Gasteiger partial charge in [-0.25, -0.2) is 4.79 Å². The summed E-state index contributed by atoms with van der Waals surface area (Å²) in [6, 6.07) is 10.5. The molecule has 2 heterocycles. The number of nitrogens with one attached hydrogen (secondary N) is 1. The average molecular weight is 599 g/mol. The van der Waals surface area contributed by atoms with Crippen molar-refractivity contribution in [3.05, 3.63) is 80.3 Å². The van der Waals surface area contributed by atoms with Gasteiger partial charge >= 0.3 is 17.9 Å². The van der Waals surface area contributed by atoms with E-state index >= 15 is 0 Å². The number of amides is 1. The Morgan fingerprint density at radius 1 is 0.878 bits per heavy atom. The third-order valence-electron chi connectivity index (χ3n) is 6.53. The molecule has 3 aromatic rings. The molecule has 0 fully saturated rings. The van der Waals surface area contributed by atoms with Gasteiger partial charge in [0.15, 0.2) is 17.1 Å². The van der Waals surface area contributed by atoms with Gasteiger partial charge in [-0.1, -0.05) is 29.3 Å². The maximum Gasteiger partial charge on any atom is 0.340 e. The Kier molecular flexibility index (Phi) is 7.41. The summed E-state index contributed by atoms with van der Waals surface area (Å²) < 4.78 is 22.7. The van der Waals surface area contributed by atoms with Crippen LogP contribution in [0.1, 0.15) is 51.3 Å². The zero-order valence-electron chi connectivity index (χ0n) is 22.4. The largest absolute Gasteiger partial charge is 0.456 e. The van der Waals surface area contributed by atoms with Crippen LogP contribution in [0.15, 0.2) is 42.5 Å². The van der Waals surface area contributed by atoms with E-state index in [9.17, 15) is 19.2 Å². The van der Waals surface area contributed by atoms with Crippen molar-refractivity contribution in [1.82, 2.24) is 10.2 Å². The third-order valence-corrected chi connectivity index (χ3v) is 7.12. The maximum absolute atomic E-state index is 13.4. The molecule has 0 bridgehead atoms. The van der Waals surface area contributed by atoms with Gasteiger partial charge in [-0.3, -0.25) is 14.4 Å². The number of likely N-dealkylation sites (N-methyl/N-ethyl adjacent to an activating group) is 1. The van der Waals surface area contributed by atoms with Gasteiger partial charge in [0.05, 0.1) is 15.6 Å². The van der Waals surface area contributed by atoms with Crippen LogP contribution in [0.2, 0.25) is 10.0 Å². The Bertz CT molecular complexity index is 1560. The molecule has 212 valence electrons. The van der Waals surface area contributed by atoms with Crippen molar-refractivity contribution in [3.8, 4) is 23.0 Å². The summed E-state index contributed by atoms with van der Waals surface area (Å²) in [6.07, 6.45) is 0. The van der Waals surface area contributed by atoms with Crippen LogP contribution >= 0.6 is 23.2 Å². The minimum Gasteiger partial charge on any atom is -0.456 e. The van der Waals surface area contributed by atoms with E-state index in [1.807, 2.05) is 19.0 Å². The molecule has 0 aliphatic carbocycles. The van der Waals surface area contributed by atoms with Crippen LogP contribution in [0, 0.1) is 0 Å². The van der Waals surface area contributed by atoms with E-state index < -0.39 is 23.5 Å². The zero-order chi connectivity index (χ0) is 29.6. The fourth-order valence-corrected chi connectivity index (χ4v) is 5.23. The lowest BCUT2D eigenvalue weighted by Crippen LogP contribution is -2.33. The van der Waals surface area contributed by atoms with Crippen LogP contribution in [0.5, 0.6) is 23.0 Å². The molecule has 41 heavy (non-hydrogen) atoms. The summed E-state index contributed by atoms with van der Waals surface area (Å²) in [7, 11) is 3.78. The minimum atomic E-state index is -1.61. The van der Waals surface area contributed by atoms with Crippen LogP contribution in [-0.2, 0) is 19.9 Å². The van der Waals surface area contributed by atoms with Crippen LogP contribution in [0.3, 0.4) is 0 Å². The van der Waals surface area contributed by atoms with Gasteiger partial charge in [0.1, 0.15) is 11.5 Å². The zero-order valence-corrected chi connectivity index (χ0v) is 23.9. The Labute approximate surface area is 245 Å². The molecule has 0 aromatic heterocycles. The summed E-state index contributed by atoms with van der Waals surface area (Å²) in [6.45, 7) is 3.51. The van der Waals surface area contributed by atoms with Gasteiger partial charge in [0.25, 0.3) is 5.91 Å². The predicted molar refractivity (Wildman–Crippen MR) is 148 cm³/mol. The molecule has 3 aromatic carbocycles. The summed E-state index contributed by atoms with van der Waals surface area (Å²) in [5.41, 5.74) is -0.105. The van der Waals surface area contributed by atoms with Gasteiger partial charge in [-0.2, -0.15) is 0 Å². The molecule has 10 nitrogen and oxygen atoms in total. The van der Waals surface area contributed by atoms with Gasteiger partial charge in [0.2, 0.25) is 0 Å². The number of carbonyl (C=O) groups is 4. The van der Waals surface area contributed by atoms with Crippen LogP contribution < -0.4 is 19.5 Å². The van der Waals surface area contributed by atoms with E-state index in [0.29, 0.717) is 29.8 Å². The second-order valence-corrected chi connectivity index (χ2v) is 10.6. The number of carbonyl (C=O) groups excluding carboxylic acids is 4. The quantitative estimate of drug-likeness (QED) is 0.318. The lowest BCUT2D eigenvalue weighted by molar-refractivity contribution is -0.132. The molecule has 0 saturated carbocycles. The highest BCUT2D eigenvalue weighted by Gasteiger charge is 2.54. The van der Waals surface area contributed by atoms with E-state index in [4.69, 9.17) is 42.1 Å². The summed E-state index contributed by atoms with van der Waals surface area (Å²) >= 11 is 13.0. The highest BCUT2D eigenvalue weighted by atomic mass is 35.5. The summed E-state index contributed by atoms with van der Waals surface area (Å²) in [5, 5.41) is 2.96. The molecule has 2 aliphatic rings. The van der Waals surface area contributed by atoms with Crippen molar-refractivity contribution in [2.75, 3.05) is 27.2 Å². The summed E-state index contributed by atoms with van der Waals surface area (Å²) in [5.74, 6) is -1.85. The van der Waals surface area contributed by atoms with Gasteiger partial charge in [-0.15, -0.1) is 0 Å². The fourth-order valence-electron chi connectivity index (χ4n) is 4.82. The third kappa shape index (κ3) is 5.10. The number of benzene rings is 3. The van der Waals surface area contributed by atoms with Crippen LogP contribution in [0.4, 0.5) is 0 Å². The Morgan fingerprint density at radius 2 is 1.44 bits per heavy atom. The van der Waals surface area contributed by atoms with Crippen molar-refractivity contribution in [2.24, 2.45) is 0 Å².